The van der Waals surface area contributed by atoms with Crippen LogP contribution in [0.3, 0.4) is 0 Å². The van der Waals surface area contributed by atoms with Gasteiger partial charge in [0.1, 0.15) is 0 Å². The van der Waals surface area contributed by atoms with Gasteiger partial charge in [-0.15, -0.1) is 0 Å². The standard InChI is InChI=1S/C28H44O/c1-19(2)20(3)9-10-22(5)26-15-16-27-23(8-7-17-28(26,27)6)12-13-24-18-25(29)14-11-21(24)4/h8-10,12-13,19-20,22,25-27,29H,7,11,14-18H2,1-6H3/b10-9+,13-12+/t20-,22-,25-,26-,27-,28+/m1/s1. The van der Waals surface area contributed by atoms with Crippen LogP contribution in [0.4, 0.5) is 0 Å². The third-order valence-electron chi connectivity index (χ3n) is 8.61. The van der Waals surface area contributed by atoms with Gasteiger partial charge >= 0.3 is 0 Å². The van der Waals surface area contributed by atoms with Crippen LogP contribution in [0.2, 0.25) is 0 Å². The van der Waals surface area contributed by atoms with Crippen LogP contribution in [-0.4, -0.2) is 11.2 Å². The molecule has 1 heteroatoms. The van der Waals surface area contributed by atoms with E-state index in [0.29, 0.717) is 23.2 Å². The molecule has 1 fully saturated rings. The van der Waals surface area contributed by atoms with Crippen molar-refractivity contribution in [1.29, 1.82) is 0 Å². The number of hydrogen-bond donors (Lipinski definition) is 1. The zero-order valence-corrected chi connectivity index (χ0v) is 19.7. The van der Waals surface area contributed by atoms with Crippen molar-refractivity contribution in [3.63, 3.8) is 0 Å². The van der Waals surface area contributed by atoms with E-state index in [1.807, 2.05) is 0 Å². The average molecular weight is 397 g/mol. The van der Waals surface area contributed by atoms with E-state index >= 15 is 0 Å². The monoisotopic (exact) mass is 396 g/mol. The SMILES string of the molecule is CC1=C(/C=C/C2=CCC[C@]3(C)[C@@H]2CC[C@@H]3[C@H](C)/C=C/[C@@H](C)C(C)C)C[C@H](O)CC1. The van der Waals surface area contributed by atoms with Crippen molar-refractivity contribution >= 4 is 0 Å². The maximum Gasteiger partial charge on any atom is 0.0583 e. The molecular formula is C28H44O. The Labute approximate surface area is 180 Å². The summed E-state index contributed by atoms with van der Waals surface area (Å²) in [5.74, 6) is 3.53. The second-order valence-electron chi connectivity index (χ2n) is 10.9. The third kappa shape index (κ3) is 4.98. The normalized spacial score (nSPS) is 35.4. The number of aliphatic hydroxyl groups excluding tert-OH is 1. The van der Waals surface area contributed by atoms with Gasteiger partial charge in [-0.2, -0.15) is 0 Å². The van der Waals surface area contributed by atoms with Gasteiger partial charge in [0.25, 0.3) is 0 Å². The van der Waals surface area contributed by atoms with Crippen LogP contribution in [0, 0.1) is 35.0 Å². The number of allylic oxidation sites excluding steroid dienone is 7. The molecule has 3 aliphatic carbocycles. The highest BCUT2D eigenvalue weighted by molar-refractivity contribution is 5.36. The van der Waals surface area contributed by atoms with Gasteiger partial charge in [-0.25, -0.2) is 0 Å². The molecule has 0 saturated heterocycles. The predicted octanol–water partition coefficient (Wildman–Crippen LogP) is 7.64. The quantitative estimate of drug-likeness (QED) is 0.457. The van der Waals surface area contributed by atoms with Crippen LogP contribution in [-0.2, 0) is 0 Å². The van der Waals surface area contributed by atoms with Crippen molar-refractivity contribution in [2.45, 2.75) is 92.6 Å². The predicted molar refractivity (Wildman–Crippen MR) is 126 cm³/mol. The first kappa shape index (κ1) is 22.6. The van der Waals surface area contributed by atoms with Gasteiger partial charge in [-0.05, 0) is 98.0 Å². The molecule has 0 radical (unpaired) electrons. The molecular weight excluding hydrogens is 352 g/mol. The molecule has 6 atom stereocenters. The summed E-state index contributed by atoms with van der Waals surface area (Å²) >= 11 is 0. The van der Waals surface area contributed by atoms with E-state index in [2.05, 4.69) is 71.9 Å². The summed E-state index contributed by atoms with van der Waals surface area (Å²) in [5.41, 5.74) is 4.82. The highest BCUT2D eigenvalue weighted by Crippen LogP contribution is 2.58. The summed E-state index contributed by atoms with van der Waals surface area (Å²) in [5, 5.41) is 10.1. The summed E-state index contributed by atoms with van der Waals surface area (Å²) < 4.78 is 0. The smallest absolute Gasteiger partial charge is 0.0583 e. The van der Waals surface area contributed by atoms with Crippen molar-refractivity contribution < 1.29 is 5.11 Å². The topological polar surface area (TPSA) is 20.2 Å². The molecule has 3 rings (SSSR count). The maximum atomic E-state index is 10.1. The molecule has 162 valence electrons. The molecule has 29 heavy (non-hydrogen) atoms. The third-order valence-corrected chi connectivity index (χ3v) is 8.61. The van der Waals surface area contributed by atoms with Crippen LogP contribution >= 0.6 is 0 Å². The minimum atomic E-state index is -0.152. The Morgan fingerprint density at radius 2 is 1.83 bits per heavy atom. The van der Waals surface area contributed by atoms with Gasteiger partial charge in [0.15, 0.2) is 0 Å². The summed E-state index contributed by atoms with van der Waals surface area (Å²) in [6, 6.07) is 0. The van der Waals surface area contributed by atoms with Crippen molar-refractivity contribution in [2.75, 3.05) is 0 Å². The van der Waals surface area contributed by atoms with E-state index in [0.717, 1.165) is 31.1 Å². The summed E-state index contributed by atoms with van der Waals surface area (Å²) in [4.78, 5) is 0. The molecule has 0 bridgehead atoms. The lowest BCUT2D eigenvalue weighted by Crippen LogP contribution is -2.34. The average Bonchev–Trinajstić information content (AvgIpc) is 3.04. The fourth-order valence-electron chi connectivity index (χ4n) is 6.10. The minimum Gasteiger partial charge on any atom is -0.393 e. The first-order chi connectivity index (χ1) is 13.7. The molecule has 0 aromatic carbocycles. The lowest BCUT2D eigenvalue weighted by atomic mass is 9.62. The molecule has 0 unspecified atom stereocenters. The lowest BCUT2D eigenvalue weighted by Gasteiger charge is -2.42. The number of hydrogen-bond acceptors (Lipinski definition) is 1. The molecule has 1 saturated carbocycles. The molecule has 0 aromatic rings. The fraction of sp³-hybridized carbons (Fsp3) is 0.714. The number of fused-ring (bicyclic) bond motifs is 1. The highest BCUT2D eigenvalue weighted by atomic mass is 16.3. The van der Waals surface area contributed by atoms with Crippen molar-refractivity contribution in [1.82, 2.24) is 0 Å². The highest BCUT2D eigenvalue weighted by Gasteiger charge is 2.49. The van der Waals surface area contributed by atoms with Crippen LogP contribution < -0.4 is 0 Å². The van der Waals surface area contributed by atoms with Crippen molar-refractivity contribution in [3.8, 4) is 0 Å². The number of rotatable bonds is 6. The molecule has 1 N–H and O–H groups in total. The fourth-order valence-corrected chi connectivity index (χ4v) is 6.10. The molecule has 3 aliphatic rings. The first-order valence-corrected chi connectivity index (χ1v) is 12.2. The summed E-state index contributed by atoms with van der Waals surface area (Å²) in [7, 11) is 0. The van der Waals surface area contributed by atoms with Crippen LogP contribution in [0.5, 0.6) is 0 Å². The first-order valence-electron chi connectivity index (χ1n) is 12.2. The van der Waals surface area contributed by atoms with Gasteiger partial charge in [0, 0.05) is 0 Å². The number of aliphatic hydroxyl groups is 1. The minimum absolute atomic E-state index is 0.152. The van der Waals surface area contributed by atoms with E-state index in [1.165, 1.54) is 36.8 Å². The van der Waals surface area contributed by atoms with Crippen LogP contribution in [0.1, 0.15) is 86.5 Å². The Bertz CT molecular complexity index is 691. The summed E-state index contributed by atoms with van der Waals surface area (Å²) in [6.07, 6.45) is 20.1. The molecule has 0 heterocycles. The van der Waals surface area contributed by atoms with E-state index in [9.17, 15) is 5.11 Å². The Kier molecular flexibility index (Phi) is 7.31. The Morgan fingerprint density at radius 1 is 1.07 bits per heavy atom. The summed E-state index contributed by atoms with van der Waals surface area (Å²) in [6.45, 7) is 14.2. The zero-order valence-electron chi connectivity index (χ0n) is 19.7. The van der Waals surface area contributed by atoms with Gasteiger partial charge in [0.05, 0.1) is 6.10 Å². The van der Waals surface area contributed by atoms with Gasteiger partial charge < -0.3 is 5.11 Å². The molecule has 1 nitrogen and oxygen atoms in total. The molecule has 0 aromatic heterocycles. The second-order valence-corrected chi connectivity index (χ2v) is 10.9. The van der Waals surface area contributed by atoms with Crippen molar-refractivity contribution in [3.05, 3.63) is 47.1 Å². The molecule has 0 aliphatic heterocycles. The Hall–Kier alpha value is -1.08. The Morgan fingerprint density at radius 3 is 2.55 bits per heavy atom. The van der Waals surface area contributed by atoms with Gasteiger partial charge in [0.2, 0.25) is 0 Å². The van der Waals surface area contributed by atoms with E-state index in [4.69, 9.17) is 0 Å². The lowest BCUT2D eigenvalue weighted by molar-refractivity contribution is 0.129. The van der Waals surface area contributed by atoms with E-state index in [1.54, 1.807) is 5.57 Å². The van der Waals surface area contributed by atoms with Crippen LogP contribution in [0.25, 0.3) is 0 Å². The largest absolute Gasteiger partial charge is 0.393 e. The van der Waals surface area contributed by atoms with E-state index in [-0.39, 0.29) is 6.10 Å². The van der Waals surface area contributed by atoms with Crippen molar-refractivity contribution in [2.24, 2.45) is 35.0 Å². The van der Waals surface area contributed by atoms with E-state index < -0.39 is 0 Å². The zero-order chi connectivity index (χ0) is 21.2. The molecule has 0 amide bonds. The Balaban J connectivity index is 1.73. The second kappa shape index (κ2) is 9.38. The van der Waals surface area contributed by atoms with Gasteiger partial charge in [-0.1, -0.05) is 70.6 Å². The van der Waals surface area contributed by atoms with Gasteiger partial charge in [-0.3, -0.25) is 0 Å². The van der Waals surface area contributed by atoms with Crippen LogP contribution in [0.15, 0.2) is 47.1 Å². The maximum absolute atomic E-state index is 10.1. The molecule has 0 spiro atoms.